The topological polar surface area (TPSA) is 46.2 Å². The van der Waals surface area contributed by atoms with Crippen molar-refractivity contribution in [2.24, 2.45) is 0 Å². The highest BCUT2D eigenvalue weighted by Gasteiger charge is 2.16. The molecule has 0 radical (unpaired) electrons. The van der Waals surface area contributed by atoms with Gasteiger partial charge in [-0.05, 0) is 65.1 Å². The zero-order valence-corrected chi connectivity index (χ0v) is 15.9. The van der Waals surface area contributed by atoms with Crippen LogP contribution in [0.5, 0.6) is 0 Å². The number of halogens is 2. The fourth-order valence-electron chi connectivity index (χ4n) is 2.35. The predicted octanol–water partition coefficient (Wildman–Crippen LogP) is 5.43. The summed E-state index contributed by atoms with van der Waals surface area (Å²) >= 11 is 8.23. The van der Waals surface area contributed by atoms with E-state index in [1.54, 1.807) is 54.6 Å². The fourth-order valence-corrected chi connectivity index (χ4v) is 2.89. The first kappa shape index (κ1) is 17.6. The van der Waals surface area contributed by atoms with E-state index in [0.29, 0.717) is 27.4 Å². The Labute approximate surface area is 164 Å². The molecular formula is C20H13ClINO2. The lowest BCUT2D eigenvalue weighted by atomic mass is 10.0. The van der Waals surface area contributed by atoms with Crippen molar-refractivity contribution in [2.75, 3.05) is 5.32 Å². The molecule has 25 heavy (non-hydrogen) atoms. The number of ketones is 1. The van der Waals surface area contributed by atoms with Crippen molar-refractivity contribution in [1.29, 1.82) is 0 Å². The van der Waals surface area contributed by atoms with Gasteiger partial charge in [0.15, 0.2) is 5.78 Å². The molecule has 0 aliphatic carbocycles. The molecule has 1 amide bonds. The summed E-state index contributed by atoms with van der Waals surface area (Å²) in [7, 11) is 0. The Kier molecular flexibility index (Phi) is 5.50. The molecule has 124 valence electrons. The van der Waals surface area contributed by atoms with Crippen LogP contribution in [-0.2, 0) is 0 Å². The maximum atomic E-state index is 12.8. The lowest BCUT2D eigenvalue weighted by molar-refractivity contribution is 0.102. The number of hydrogen-bond donors (Lipinski definition) is 1. The van der Waals surface area contributed by atoms with Gasteiger partial charge in [-0.1, -0.05) is 41.9 Å². The van der Waals surface area contributed by atoms with Gasteiger partial charge in [0, 0.05) is 25.3 Å². The summed E-state index contributed by atoms with van der Waals surface area (Å²) < 4.78 is 1.04. The van der Waals surface area contributed by atoms with Crippen LogP contribution < -0.4 is 5.32 Å². The molecule has 3 nitrogen and oxygen atoms in total. The van der Waals surface area contributed by atoms with Crippen LogP contribution in [0.2, 0.25) is 5.02 Å². The first-order valence-electron chi connectivity index (χ1n) is 7.51. The van der Waals surface area contributed by atoms with Crippen molar-refractivity contribution < 1.29 is 9.59 Å². The van der Waals surface area contributed by atoms with E-state index >= 15 is 0 Å². The fraction of sp³-hybridized carbons (Fsp3) is 0. The van der Waals surface area contributed by atoms with Crippen LogP contribution in [0.4, 0.5) is 5.69 Å². The Bertz CT molecular complexity index is 924. The first-order chi connectivity index (χ1) is 12.0. The standard InChI is InChI=1S/C20H13ClINO2/c21-15-8-11-18(23-20(25)14-6-9-16(22)10-7-14)17(12-15)19(24)13-4-2-1-3-5-13/h1-12H,(H,23,25). The highest BCUT2D eigenvalue weighted by molar-refractivity contribution is 14.1. The van der Waals surface area contributed by atoms with Gasteiger partial charge in [-0.15, -0.1) is 0 Å². The average Bonchev–Trinajstić information content (AvgIpc) is 2.64. The predicted molar refractivity (Wildman–Crippen MR) is 108 cm³/mol. The molecule has 0 unspecified atom stereocenters. The van der Waals surface area contributed by atoms with Gasteiger partial charge in [-0.25, -0.2) is 0 Å². The third kappa shape index (κ3) is 4.27. The highest BCUT2D eigenvalue weighted by Crippen LogP contribution is 2.24. The summed E-state index contributed by atoms with van der Waals surface area (Å²) in [5, 5.41) is 3.24. The Hall–Kier alpha value is -2.18. The van der Waals surface area contributed by atoms with Crippen molar-refractivity contribution in [3.8, 4) is 0 Å². The normalized spacial score (nSPS) is 10.3. The number of amides is 1. The van der Waals surface area contributed by atoms with Crippen LogP contribution in [0.1, 0.15) is 26.3 Å². The molecular weight excluding hydrogens is 449 g/mol. The molecule has 5 heteroatoms. The van der Waals surface area contributed by atoms with Gasteiger partial charge < -0.3 is 5.32 Å². The molecule has 0 aliphatic rings. The van der Waals surface area contributed by atoms with Crippen molar-refractivity contribution in [3.63, 3.8) is 0 Å². The molecule has 0 saturated carbocycles. The minimum Gasteiger partial charge on any atom is -0.321 e. The Morgan fingerprint density at radius 3 is 2.20 bits per heavy atom. The van der Waals surface area contributed by atoms with E-state index in [2.05, 4.69) is 27.9 Å². The second-order valence-electron chi connectivity index (χ2n) is 5.35. The zero-order valence-electron chi connectivity index (χ0n) is 13.0. The van der Waals surface area contributed by atoms with Crippen LogP contribution >= 0.6 is 34.2 Å². The Balaban J connectivity index is 1.93. The maximum Gasteiger partial charge on any atom is 0.255 e. The number of carbonyl (C=O) groups excluding carboxylic acids is 2. The summed E-state index contributed by atoms with van der Waals surface area (Å²) in [6.45, 7) is 0. The first-order valence-corrected chi connectivity index (χ1v) is 8.96. The van der Waals surface area contributed by atoms with Gasteiger partial charge in [-0.2, -0.15) is 0 Å². The van der Waals surface area contributed by atoms with Crippen molar-refractivity contribution in [2.45, 2.75) is 0 Å². The highest BCUT2D eigenvalue weighted by atomic mass is 127. The van der Waals surface area contributed by atoms with Crippen LogP contribution in [-0.4, -0.2) is 11.7 Å². The summed E-state index contributed by atoms with van der Waals surface area (Å²) in [6, 6.07) is 20.9. The molecule has 0 saturated heterocycles. The zero-order chi connectivity index (χ0) is 17.8. The molecule has 0 bridgehead atoms. The second-order valence-corrected chi connectivity index (χ2v) is 7.03. The minimum atomic E-state index is -0.277. The largest absolute Gasteiger partial charge is 0.321 e. The molecule has 0 aromatic heterocycles. The number of rotatable bonds is 4. The van der Waals surface area contributed by atoms with E-state index in [-0.39, 0.29) is 11.7 Å². The van der Waals surface area contributed by atoms with Crippen molar-refractivity contribution >= 4 is 51.6 Å². The van der Waals surface area contributed by atoms with Crippen LogP contribution in [0.3, 0.4) is 0 Å². The van der Waals surface area contributed by atoms with Gasteiger partial charge in [0.25, 0.3) is 5.91 Å². The number of nitrogens with one attached hydrogen (secondary N) is 1. The number of benzene rings is 3. The van der Waals surface area contributed by atoms with Crippen LogP contribution in [0.15, 0.2) is 72.8 Å². The lowest BCUT2D eigenvalue weighted by Crippen LogP contribution is -2.15. The average molecular weight is 462 g/mol. The van der Waals surface area contributed by atoms with Crippen molar-refractivity contribution in [1.82, 2.24) is 0 Å². The summed E-state index contributed by atoms with van der Waals surface area (Å²) in [6.07, 6.45) is 0. The SMILES string of the molecule is O=C(Nc1ccc(Cl)cc1C(=O)c1ccccc1)c1ccc(I)cc1. The molecule has 3 aromatic rings. The van der Waals surface area contributed by atoms with E-state index in [9.17, 15) is 9.59 Å². The second kappa shape index (κ2) is 7.80. The van der Waals surface area contributed by atoms with Gasteiger partial charge in [0.2, 0.25) is 0 Å². The van der Waals surface area contributed by atoms with E-state index in [1.807, 2.05) is 18.2 Å². The molecule has 1 N–H and O–H groups in total. The van der Waals surface area contributed by atoms with Crippen molar-refractivity contribution in [3.05, 3.63) is 98.1 Å². The summed E-state index contributed by atoms with van der Waals surface area (Å²) in [5.41, 5.74) is 1.85. The number of hydrogen-bond acceptors (Lipinski definition) is 2. The lowest BCUT2D eigenvalue weighted by Gasteiger charge is -2.11. The molecule has 0 heterocycles. The van der Waals surface area contributed by atoms with E-state index < -0.39 is 0 Å². The smallest absolute Gasteiger partial charge is 0.255 e. The quantitative estimate of drug-likeness (QED) is 0.416. The molecule has 0 spiro atoms. The molecule has 0 atom stereocenters. The Morgan fingerprint density at radius 1 is 0.840 bits per heavy atom. The van der Waals surface area contributed by atoms with Gasteiger partial charge in [0.05, 0.1) is 5.69 Å². The molecule has 3 aromatic carbocycles. The van der Waals surface area contributed by atoms with E-state index in [4.69, 9.17) is 11.6 Å². The van der Waals surface area contributed by atoms with Gasteiger partial charge >= 0.3 is 0 Å². The number of carbonyl (C=O) groups is 2. The molecule has 3 rings (SSSR count). The van der Waals surface area contributed by atoms with Crippen LogP contribution in [0, 0.1) is 3.57 Å². The van der Waals surface area contributed by atoms with Gasteiger partial charge in [0.1, 0.15) is 0 Å². The molecule has 0 fully saturated rings. The summed E-state index contributed by atoms with van der Waals surface area (Å²) in [5.74, 6) is -0.471. The Morgan fingerprint density at radius 2 is 1.52 bits per heavy atom. The third-order valence-electron chi connectivity index (χ3n) is 3.62. The van der Waals surface area contributed by atoms with Crippen LogP contribution in [0.25, 0.3) is 0 Å². The van der Waals surface area contributed by atoms with Gasteiger partial charge in [-0.3, -0.25) is 9.59 Å². The monoisotopic (exact) mass is 461 g/mol. The maximum absolute atomic E-state index is 12.8. The van der Waals surface area contributed by atoms with E-state index in [0.717, 1.165) is 3.57 Å². The third-order valence-corrected chi connectivity index (χ3v) is 4.57. The minimum absolute atomic E-state index is 0.194. The number of anilines is 1. The van der Waals surface area contributed by atoms with E-state index in [1.165, 1.54) is 0 Å². The summed E-state index contributed by atoms with van der Waals surface area (Å²) in [4.78, 5) is 25.2. The molecule has 0 aliphatic heterocycles.